The Balaban J connectivity index is 3.17. The van der Waals surface area contributed by atoms with Crippen molar-refractivity contribution in [1.82, 2.24) is 0 Å². The van der Waals surface area contributed by atoms with Gasteiger partial charge >= 0.3 is 5.17 Å². The van der Waals surface area contributed by atoms with Crippen molar-refractivity contribution in [1.29, 1.82) is 0 Å². The summed E-state index contributed by atoms with van der Waals surface area (Å²) in [6.07, 6.45) is 10.9. The Morgan fingerprint density at radius 1 is 0.941 bits per heavy atom. The lowest BCUT2D eigenvalue weighted by molar-refractivity contribution is -0.00326. The summed E-state index contributed by atoms with van der Waals surface area (Å²) in [6, 6.07) is 0. The lowest BCUT2D eigenvalue weighted by atomic mass is 9.89. The highest BCUT2D eigenvalue weighted by atomic mass is 35.5. The predicted octanol–water partition coefficient (Wildman–Crippen LogP) is 5.41. The van der Waals surface area contributed by atoms with E-state index >= 15 is 0 Å². The van der Waals surface area contributed by atoms with Crippen LogP contribution in [0.2, 0.25) is 0 Å². The van der Waals surface area contributed by atoms with Gasteiger partial charge in [0.05, 0.1) is 6.42 Å². The first-order valence-electron chi connectivity index (χ1n) is 6.82. The maximum absolute atomic E-state index is 8.36. The molecule has 0 aliphatic heterocycles. The van der Waals surface area contributed by atoms with E-state index in [-0.39, 0.29) is 0 Å². The van der Waals surface area contributed by atoms with Crippen LogP contribution in [0.1, 0.15) is 78.6 Å². The van der Waals surface area contributed by atoms with E-state index in [1.165, 1.54) is 44.9 Å². The van der Waals surface area contributed by atoms with Gasteiger partial charge < -0.3 is 5.53 Å². The average Bonchev–Trinajstić information content (AvgIpc) is 2.25. The monoisotopic (exact) mass is 258 g/mol. The van der Waals surface area contributed by atoms with Crippen molar-refractivity contribution >= 4 is 16.8 Å². The lowest BCUT2D eigenvalue weighted by Crippen LogP contribution is -2.03. The van der Waals surface area contributed by atoms with Crippen LogP contribution in [0.25, 0.3) is 5.53 Å². The van der Waals surface area contributed by atoms with Crippen molar-refractivity contribution in [2.24, 2.45) is 5.41 Å². The molecule has 0 amide bonds. The van der Waals surface area contributed by atoms with Gasteiger partial charge in [0, 0.05) is 11.6 Å². The van der Waals surface area contributed by atoms with Crippen molar-refractivity contribution in [3.05, 3.63) is 5.53 Å². The molecule has 100 valence electrons. The van der Waals surface area contributed by atoms with Crippen molar-refractivity contribution in [3.63, 3.8) is 0 Å². The van der Waals surface area contributed by atoms with Crippen LogP contribution in [0.4, 0.5) is 0 Å². The van der Waals surface area contributed by atoms with Crippen LogP contribution in [-0.4, -0.2) is 9.96 Å². The molecule has 17 heavy (non-hydrogen) atoms. The molecular formula is C14H27ClN2. The number of halogens is 1. The molecule has 0 unspecified atom stereocenters. The third-order valence-electron chi connectivity index (χ3n) is 2.92. The number of nitrogens with zero attached hydrogens (tertiary/aromatic N) is 2. The summed E-state index contributed by atoms with van der Waals surface area (Å²) >= 11 is 5.59. The second-order valence-corrected chi connectivity index (χ2v) is 6.45. The molecule has 0 aliphatic carbocycles. The molecule has 0 aliphatic rings. The molecule has 0 saturated heterocycles. The number of hydrogen-bond acceptors (Lipinski definition) is 0. The van der Waals surface area contributed by atoms with Gasteiger partial charge in [0.2, 0.25) is 0 Å². The fraction of sp³-hybridized carbons (Fsp3) is 0.929. The maximum Gasteiger partial charge on any atom is 0.359 e. The Labute approximate surface area is 111 Å². The zero-order valence-electron chi connectivity index (χ0n) is 11.6. The van der Waals surface area contributed by atoms with E-state index in [4.69, 9.17) is 17.1 Å². The van der Waals surface area contributed by atoms with Crippen molar-refractivity contribution in [2.45, 2.75) is 78.6 Å². The summed E-state index contributed by atoms with van der Waals surface area (Å²) in [6.45, 7) is 6.92. The highest BCUT2D eigenvalue weighted by Crippen LogP contribution is 2.22. The molecule has 0 aromatic heterocycles. The summed E-state index contributed by atoms with van der Waals surface area (Å²) in [7, 11) is 0. The first-order chi connectivity index (χ1) is 7.95. The number of hydrogen-bond donors (Lipinski definition) is 0. The van der Waals surface area contributed by atoms with Gasteiger partial charge in [-0.3, -0.25) is 0 Å². The first kappa shape index (κ1) is 16.7. The molecular weight excluding hydrogens is 232 g/mol. The minimum atomic E-state index is 0.329. The Bertz CT molecular complexity index is 237. The van der Waals surface area contributed by atoms with Crippen LogP contribution in [0.5, 0.6) is 0 Å². The standard InChI is InChI=1S/C14H27ClN2/c1-14(2,3)12-10-8-6-4-5-7-9-11-13(15)17-16/h4-12H2,1-3H3. The van der Waals surface area contributed by atoms with Crippen molar-refractivity contribution < 1.29 is 4.79 Å². The molecule has 2 nitrogen and oxygen atoms in total. The largest absolute Gasteiger partial charge is 0.360 e. The Morgan fingerprint density at radius 3 is 1.88 bits per heavy atom. The molecule has 3 heteroatoms. The fourth-order valence-electron chi connectivity index (χ4n) is 1.86. The molecule has 0 aromatic carbocycles. The molecule has 0 atom stereocenters. The zero-order chi connectivity index (χ0) is 13.1. The average molecular weight is 259 g/mol. The summed E-state index contributed by atoms with van der Waals surface area (Å²) in [5, 5.41) is 0.329. The highest BCUT2D eigenvalue weighted by molar-refractivity contribution is 6.63. The summed E-state index contributed by atoms with van der Waals surface area (Å²) < 4.78 is 0. The van der Waals surface area contributed by atoms with E-state index in [9.17, 15) is 0 Å². The molecule has 0 bridgehead atoms. The molecule has 0 radical (unpaired) electrons. The number of unbranched alkanes of at least 4 members (excludes halogenated alkanes) is 6. The highest BCUT2D eigenvalue weighted by Gasteiger charge is 2.08. The van der Waals surface area contributed by atoms with Crippen LogP contribution >= 0.6 is 11.6 Å². The van der Waals surface area contributed by atoms with Crippen LogP contribution in [0.3, 0.4) is 0 Å². The molecule has 0 rings (SSSR count). The normalized spacial score (nSPS) is 11.3. The fourth-order valence-corrected chi connectivity index (χ4v) is 1.99. The van der Waals surface area contributed by atoms with E-state index in [0.717, 1.165) is 6.42 Å². The Hall–Kier alpha value is -0.330. The Morgan fingerprint density at radius 2 is 1.41 bits per heavy atom. The number of rotatable bonds is 9. The maximum atomic E-state index is 8.36. The zero-order valence-corrected chi connectivity index (χ0v) is 12.4. The van der Waals surface area contributed by atoms with Gasteiger partial charge in [0.25, 0.3) is 0 Å². The first-order valence-corrected chi connectivity index (χ1v) is 7.20. The molecule has 0 heterocycles. The van der Waals surface area contributed by atoms with Gasteiger partial charge in [-0.25, -0.2) is 0 Å². The second kappa shape index (κ2) is 9.67. The van der Waals surface area contributed by atoms with Gasteiger partial charge in [-0.2, -0.15) is 4.79 Å². The topological polar surface area (TPSA) is 36.4 Å². The van der Waals surface area contributed by atoms with E-state index in [1.54, 1.807) is 0 Å². The molecule has 0 saturated carbocycles. The minimum Gasteiger partial charge on any atom is -0.360 e. The third kappa shape index (κ3) is 13.6. The van der Waals surface area contributed by atoms with Crippen molar-refractivity contribution in [2.75, 3.05) is 0 Å². The van der Waals surface area contributed by atoms with Gasteiger partial charge in [0.15, 0.2) is 0 Å². The van der Waals surface area contributed by atoms with Crippen LogP contribution in [-0.2, 0) is 0 Å². The van der Waals surface area contributed by atoms with Crippen LogP contribution in [0, 0.1) is 5.41 Å². The SMILES string of the molecule is CC(C)(C)CCCCCCCCCC(Cl)=[N+]=[N-]. The predicted molar refractivity (Wildman–Crippen MR) is 75.5 cm³/mol. The second-order valence-electron chi connectivity index (χ2n) is 6.01. The minimum absolute atomic E-state index is 0.329. The van der Waals surface area contributed by atoms with E-state index in [2.05, 4.69) is 25.6 Å². The summed E-state index contributed by atoms with van der Waals surface area (Å²) in [4.78, 5) is 2.95. The smallest absolute Gasteiger partial charge is 0.359 e. The van der Waals surface area contributed by atoms with Crippen LogP contribution in [0.15, 0.2) is 0 Å². The van der Waals surface area contributed by atoms with Gasteiger partial charge in [-0.15, -0.1) is 0 Å². The van der Waals surface area contributed by atoms with E-state index in [1.807, 2.05) is 0 Å². The molecule has 0 spiro atoms. The van der Waals surface area contributed by atoms with E-state index < -0.39 is 0 Å². The van der Waals surface area contributed by atoms with Crippen molar-refractivity contribution in [3.8, 4) is 0 Å². The summed E-state index contributed by atoms with van der Waals surface area (Å²) in [5.74, 6) is 0. The quantitative estimate of drug-likeness (QED) is 0.229. The summed E-state index contributed by atoms with van der Waals surface area (Å²) in [5.41, 5.74) is 8.84. The Kier molecular flexibility index (Phi) is 9.49. The molecule has 0 fully saturated rings. The molecule has 0 aromatic rings. The van der Waals surface area contributed by atoms with Gasteiger partial charge in [0.1, 0.15) is 0 Å². The van der Waals surface area contributed by atoms with Gasteiger partial charge in [-0.05, 0) is 18.3 Å². The third-order valence-corrected chi connectivity index (χ3v) is 3.18. The molecule has 0 N–H and O–H groups in total. The van der Waals surface area contributed by atoms with Crippen LogP contribution < -0.4 is 0 Å². The lowest BCUT2D eigenvalue weighted by Gasteiger charge is -2.17. The van der Waals surface area contributed by atoms with Gasteiger partial charge in [-0.1, -0.05) is 59.3 Å². The van der Waals surface area contributed by atoms with E-state index in [0.29, 0.717) is 17.0 Å².